The lowest BCUT2D eigenvalue weighted by atomic mass is 9.99. The minimum atomic E-state index is -3.82. The summed E-state index contributed by atoms with van der Waals surface area (Å²) in [5.41, 5.74) is 2.74. The normalized spacial score (nSPS) is 12.5. The van der Waals surface area contributed by atoms with Gasteiger partial charge in [-0.05, 0) is 50.6 Å². The molecule has 4 rings (SSSR count). The predicted octanol–water partition coefficient (Wildman–Crippen LogP) is 3.72. The molecule has 3 heterocycles. The Hall–Kier alpha value is -3.70. The van der Waals surface area contributed by atoms with Gasteiger partial charge in [-0.3, -0.25) is 14.3 Å². The van der Waals surface area contributed by atoms with E-state index in [4.69, 9.17) is 16.0 Å². The number of aryl methyl sites for hydroxylation is 2. The zero-order valence-electron chi connectivity index (χ0n) is 20.2. The lowest BCUT2D eigenvalue weighted by Crippen LogP contribution is -2.31. The maximum atomic E-state index is 13.3. The molecule has 0 aliphatic rings. The van der Waals surface area contributed by atoms with Crippen LogP contribution in [0.4, 0.5) is 5.69 Å². The van der Waals surface area contributed by atoms with Crippen LogP contribution in [0.1, 0.15) is 40.1 Å². The number of benzene rings is 1. The van der Waals surface area contributed by atoms with Crippen molar-refractivity contribution in [1.82, 2.24) is 19.5 Å². The first-order chi connectivity index (χ1) is 16.8. The summed E-state index contributed by atoms with van der Waals surface area (Å²) >= 11 is 5.97. The lowest BCUT2D eigenvalue weighted by Gasteiger charge is -2.20. The number of nitrogens with one attached hydrogen (secondary N) is 2. The van der Waals surface area contributed by atoms with Crippen molar-refractivity contribution in [3.05, 3.63) is 74.3 Å². The fraction of sp³-hybridized carbons (Fsp3) is 0.250. The molecule has 1 amide bonds. The molecular formula is C24H24ClN5O5S. The van der Waals surface area contributed by atoms with Gasteiger partial charge in [0.25, 0.3) is 5.91 Å². The van der Waals surface area contributed by atoms with Crippen LogP contribution in [0.2, 0.25) is 5.15 Å². The van der Waals surface area contributed by atoms with Crippen LogP contribution in [-0.2, 0) is 17.1 Å². The molecule has 10 nitrogen and oxygen atoms in total. The quantitative estimate of drug-likeness (QED) is 0.361. The third kappa shape index (κ3) is 5.12. The van der Waals surface area contributed by atoms with Crippen molar-refractivity contribution in [3.63, 3.8) is 0 Å². The van der Waals surface area contributed by atoms with E-state index in [0.717, 1.165) is 11.8 Å². The highest BCUT2D eigenvalue weighted by atomic mass is 35.5. The number of carbonyl (C=O) groups is 1. The van der Waals surface area contributed by atoms with E-state index in [-0.39, 0.29) is 22.0 Å². The number of nitrogens with zero attached hydrogens (tertiary/aromatic N) is 3. The molecular weight excluding hydrogens is 506 g/mol. The highest BCUT2D eigenvalue weighted by Crippen LogP contribution is 2.32. The Balaban J connectivity index is 1.83. The van der Waals surface area contributed by atoms with Crippen molar-refractivity contribution in [2.45, 2.75) is 26.8 Å². The number of pyridine rings is 1. The lowest BCUT2D eigenvalue weighted by molar-refractivity contribution is 0.0977. The van der Waals surface area contributed by atoms with Crippen molar-refractivity contribution in [2.75, 3.05) is 11.6 Å². The molecule has 0 radical (unpaired) electrons. The molecule has 1 aromatic carbocycles. The smallest absolute Gasteiger partial charge is 0.285 e. The van der Waals surface area contributed by atoms with Crippen molar-refractivity contribution < 1.29 is 17.6 Å². The van der Waals surface area contributed by atoms with Crippen LogP contribution >= 0.6 is 11.6 Å². The minimum absolute atomic E-state index is 0.0225. The zero-order chi connectivity index (χ0) is 26.4. The van der Waals surface area contributed by atoms with Crippen LogP contribution in [0, 0.1) is 13.8 Å². The van der Waals surface area contributed by atoms with Gasteiger partial charge in [-0.25, -0.2) is 18.1 Å². The molecule has 188 valence electrons. The van der Waals surface area contributed by atoms with Crippen molar-refractivity contribution in [1.29, 1.82) is 0 Å². The van der Waals surface area contributed by atoms with E-state index in [1.807, 2.05) is 24.6 Å². The third-order valence-electron chi connectivity index (χ3n) is 5.53. The van der Waals surface area contributed by atoms with Crippen LogP contribution in [0.25, 0.3) is 22.4 Å². The molecule has 1 atom stereocenters. The first-order valence-electron chi connectivity index (χ1n) is 10.9. The Morgan fingerprint density at radius 1 is 1.19 bits per heavy atom. The number of aromatic nitrogens is 3. The Morgan fingerprint density at radius 3 is 2.56 bits per heavy atom. The number of carbonyl (C=O) groups excluding carboxylic acids is 1. The first kappa shape index (κ1) is 25.4. The van der Waals surface area contributed by atoms with Crippen LogP contribution < -0.4 is 15.5 Å². The summed E-state index contributed by atoms with van der Waals surface area (Å²) in [6, 6.07) is 7.92. The largest absolute Gasteiger partial charge is 0.453 e. The van der Waals surface area contributed by atoms with Gasteiger partial charge in [0.05, 0.1) is 23.4 Å². The van der Waals surface area contributed by atoms with Crippen LogP contribution in [0.15, 0.2) is 45.7 Å². The Morgan fingerprint density at radius 2 is 1.92 bits per heavy atom. The van der Waals surface area contributed by atoms with Gasteiger partial charge in [-0.15, -0.1) is 0 Å². The summed E-state index contributed by atoms with van der Waals surface area (Å²) in [4.78, 5) is 29.9. The molecule has 4 aromatic rings. The van der Waals surface area contributed by atoms with Gasteiger partial charge in [-0.1, -0.05) is 17.7 Å². The van der Waals surface area contributed by atoms with Gasteiger partial charge in [0.15, 0.2) is 16.9 Å². The number of sulfonamides is 1. The molecule has 0 saturated heterocycles. The molecule has 0 spiro atoms. The molecule has 12 heteroatoms. The maximum absolute atomic E-state index is 13.3. The SMILES string of the molecule is Cc1cc(C(C)Nc2ccc(Cl)nc2C(=O)NS(C)(=O)=O)c2oc(-c3ccn(C)n3)c(C)c(=O)c2c1. The second kappa shape index (κ2) is 9.40. The molecule has 1 unspecified atom stereocenters. The minimum Gasteiger partial charge on any atom is -0.453 e. The van der Waals surface area contributed by atoms with Crippen LogP contribution in [-0.4, -0.2) is 35.3 Å². The Kier molecular flexibility index (Phi) is 6.63. The summed E-state index contributed by atoms with van der Waals surface area (Å²) in [5.74, 6) is -0.560. The fourth-order valence-corrected chi connectivity index (χ4v) is 4.50. The number of fused-ring (bicyclic) bond motifs is 1. The van der Waals surface area contributed by atoms with E-state index in [9.17, 15) is 18.0 Å². The Labute approximate surface area is 212 Å². The number of hydrogen-bond acceptors (Lipinski definition) is 8. The molecule has 36 heavy (non-hydrogen) atoms. The predicted molar refractivity (Wildman–Crippen MR) is 138 cm³/mol. The van der Waals surface area contributed by atoms with E-state index in [1.165, 1.54) is 12.1 Å². The van der Waals surface area contributed by atoms with Crippen molar-refractivity contribution in [2.24, 2.45) is 7.05 Å². The molecule has 0 fully saturated rings. The maximum Gasteiger partial charge on any atom is 0.285 e. The van der Waals surface area contributed by atoms with Gasteiger partial charge < -0.3 is 9.73 Å². The molecule has 0 bridgehead atoms. The van der Waals surface area contributed by atoms with Gasteiger partial charge in [0.1, 0.15) is 16.4 Å². The van der Waals surface area contributed by atoms with Gasteiger partial charge in [-0.2, -0.15) is 5.10 Å². The van der Waals surface area contributed by atoms with E-state index >= 15 is 0 Å². The van der Waals surface area contributed by atoms with Gasteiger partial charge >= 0.3 is 0 Å². The molecule has 0 aliphatic heterocycles. The topological polar surface area (TPSA) is 136 Å². The summed E-state index contributed by atoms with van der Waals surface area (Å²) < 4.78 is 33.0. The average molecular weight is 530 g/mol. The summed E-state index contributed by atoms with van der Waals surface area (Å²) in [6.45, 7) is 5.39. The number of rotatable bonds is 6. The van der Waals surface area contributed by atoms with Gasteiger partial charge in [0, 0.05) is 24.4 Å². The molecule has 0 saturated carbocycles. The van der Waals surface area contributed by atoms with Gasteiger partial charge in [0.2, 0.25) is 10.0 Å². The second-order valence-electron chi connectivity index (χ2n) is 8.59. The fourth-order valence-electron chi connectivity index (χ4n) is 3.92. The van der Waals surface area contributed by atoms with E-state index in [1.54, 1.807) is 37.0 Å². The average Bonchev–Trinajstić information content (AvgIpc) is 3.22. The number of amides is 1. The third-order valence-corrected chi connectivity index (χ3v) is 6.30. The molecule has 3 aromatic heterocycles. The van der Waals surface area contributed by atoms with E-state index in [2.05, 4.69) is 15.4 Å². The van der Waals surface area contributed by atoms with Crippen molar-refractivity contribution >= 4 is 44.2 Å². The number of anilines is 1. The first-order valence-corrected chi connectivity index (χ1v) is 13.1. The molecule has 0 aliphatic carbocycles. The standard InChI is InChI=1S/C24H24ClN5O5S/c1-12-10-15(14(3)26-17-6-7-19(25)27-20(17)24(32)29-36(5,33)34)23-16(11-12)21(31)13(2)22(35-23)18-8-9-30(4)28-18/h6-11,14,26H,1-5H3,(H,29,32). The van der Waals surface area contributed by atoms with Crippen molar-refractivity contribution in [3.8, 4) is 11.5 Å². The summed E-state index contributed by atoms with van der Waals surface area (Å²) in [6.07, 6.45) is 2.63. The second-order valence-corrected chi connectivity index (χ2v) is 10.7. The zero-order valence-corrected chi connectivity index (χ0v) is 21.8. The van der Waals surface area contributed by atoms with E-state index in [0.29, 0.717) is 33.6 Å². The summed E-state index contributed by atoms with van der Waals surface area (Å²) in [5, 5.41) is 7.99. The summed E-state index contributed by atoms with van der Waals surface area (Å²) in [7, 11) is -2.05. The highest BCUT2D eigenvalue weighted by Gasteiger charge is 2.23. The Bertz CT molecular complexity index is 1680. The number of hydrogen-bond donors (Lipinski definition) is 2. The number of halogens is 1. The monoisotopic (exact) mass is 529 g/mol. The highest BCUT2D eigenvalue weighted by molar-refractivity contribution is 7.89. The van der Waals surface area contributed by atoms with Crippen LogP contribution in [0.5, 0.6) is 0 Å². The molecule has 2 N–H and O–H groups in total. The van der Waals surface area contributed by atoms with Crippen LogP contribution in [0.3, 0.4) is 0 Å². The van der Waals surface area contributed by atoms with E-state index < -0.39 is 22.0 Å².